The lowest BCUT2D eigenvalue weighted by molar-refractivity contribution is 0.546. The van der Waals surface area contributed by atoms with Gasteiger partial charge in [-0.25, -0.2) is 21.6 Å². The summed E-state index contributed by atoms with van der Waals surface area (Å²) in [5.74, 6) is 0.128. The molecule has 1 aliphatic carbocycles. The number of aryl methyl sites for hydroxylation is 1. The number of fused-ring (bicyclic) bond motifs is 1. The van der Waals surface area contributed by atoms with Crippen LogP contribution in [0.3, 0.4) is 0 Å². The average molecular weight is 341 g/mol. The molecule has 22 heavy (non-hydrogen) atoms. The van der Waals surface area contributed by atoms with Crippen molar-refractivity contribution in [2.75, 3.05) is 18.1 Å². The van der Waals surface area contributed by atoms with Crippen molar-refractivity contribution in [2.24, 2.45) is 5.92 Å². The summed E-state index contributed by atoms with van der Waals surface area (Å²) in [5.41, 5.74) is 2.10. The van der Waals surface area contributed by atoms with E-state index in [-0.39, 0.29) is 24.0 Å². The fourth-order valence-electron chi connectivity index (χ4n) is 2.97. The number of hydrogen-bond donors (Lipinski definition) is 1. The lowest BCUT2D eigenvalue weighted by atomic mass is 9.98. The fourth-order valence-corrected chi connectivity index (χ4v) is 6.13. The zero-order chi connectivity index (χ0) is 15.8. The van der Waals surface area contributed by atoms with E-state index < -0.39 is 19.9 Å². The van der Waals surface area contributed by atoms with Crippen LogP contribution in [-0.2, 0) is 26.3 Å². The van der Waals surface area contributed by atoms with E-state index in [4.69, 9.17) is 0 Å². The molecular weight excluding hydrogens is 322 g/mol. The van der Waals surface area contributed by atoms with Crippen LogP contribution >= 0.6 is 0 Å². The van der Waals surface area contributed by atoms with E-state index in [2.05, 4.69) is 4.72 Å². The largest absolute Gasteiger partial charge is 0.236 e. The summed E-state index contributed by atoms with van der Waals surface area (Å²) in [6, 6.07) is 7.76. The smallest absolute Gasteiger partial charge is 0.229 e. The maximum absolute atomic E-state index is 12.4. The first-order valence-corrected chi connectivity index (χ1v) is 10.6. The third-order valence-electron chi connectivity index (χ3n) is 4.25. The number of sulfonamides is 1. The Morgan fingerprint density at radius 3 is 2.68 bits per heavy atom. The van der Waals surface area contributed by atoms with Crippen molar-refractivity contribution in [3.63, 3.8) is 0 Å². The number of allylic oxidation sites excluding steroid dienone is 1. The summed E-state index contributed by atoms with van der Waals surface area (Å²) in [7, 11) is -6.51. The minimum Gasteiger partial charge on any atom is -0.229 e. The van der Waals surface area contributed by atoms with Crippen molar-refractivity contribution in [1.82, 2.24) is 4.72 Å². The van der Waals surface area contributed by atoms with Crippen molar-refractivity contribution in [3.8, 4) is 0 Å². The first-order valence-electron chi connectivity index (χ1n) is 7.34. The Morgan fingerprint density at radius 2 is 1.95 bits per heavy atom. The summed E-state index contributed by atoms with van der Waals surface area (Å²) in [6.45, 7) is 0.195. The van der Waals surface area contributed by atoms with Crippen LogP contribution in [0.4, 0.5) is 0 Å². The molecule has 2 aliphatic rings. The van der Waals surface area contributed by atoms with Gasteiger partial charge in [-0.15, -0.1) is 0 Å². The van der Waals surface area contributed by atoms with Gasteiger partial charge in [-0.05, 0) is 42.4 Å². The maximum Gasteiger partial charge on any atom is 0.236 e. The Hall–Kier alpha value is -1.18. The molecule has 3 rings (SSSR count). The highest BCUT2D eigenvalue weighted by molar-refractivity contribution is 7.93. The maximum atomic E-state index is 12.4. The average Bonchev–Trinajstić information content (AvgIpc) is 2.84. The molecule has 0 saturated carbocycles. The van der Waals surface area contributed by atoms with E-state index in [0.29, 0.717) is 24.2 Å². The summed E-state index contributed by atoms with van der Waals surface area (Å²) in [6.07, 6.45) is 3.44. The number of benzene rings is 1. The Labute approximate surface area is 131 Å². The van der Waals surface area contributed by atoms with Gasteiger partial charge in [0.25, 0.3) is 0 Å². The highest BCUT2D eigenvalue weighted by atomic mass is 32.2. The first-order chi connectivity index (χ1) is 10.4. The van der Waals surface area contributed by atoms with E-state index in [1.807, 2.05) is 24.3 Å². The molecule has 0 radical (unpaired) electrons. The molecule has 1 aliphatic heterocycles. The van der Waals surface area contributed by atoms with E-state index in [0.717, 1.165) is 11.1 Å². The molecule has 1 heterocycles. The molecular formula is C15H19NO4S2. The third-order valence-corrected chi connectivity index (χ3v) is 7.64. The molecule has 1 N–H and O–H groups in total. The molecule has 1 saturated heterocycles. The van der Waals surface area contributed by atoms with E-state index >= 15 is 0 Å². The predicted octanol–water partition coefficient (Wildman–Crippen LogP) is 1.33. The van der Waals surface area contributed by atoms with Gasteiger partial charge in [0.15, 0.2) is 9.84 Å². The van der Waals surface area contributed by atoms with Crippen LogP contribution in [0.25, 0.3) is 6.08 Å². The minimum absolute atomic E-state index is 0.0808. The van der Waals surface area contributed by atoms with Crippen molar-refractivity contribution in [1.29, 1.82) is 0 Å². The van der Waals surface area contributed by atoms with E-state index in [9.17, 15) is 16.8 Å². The molecule has 1 aromatic rings. The molecule has 0 bridgehead atoms. The Balaban J connectivity index is 1.70. The highest BCUT2D eigenvalue weighted by Gasteiger charge is 2.29. The van der Waals surface area contributed by atoms with Gasteiger partial charge in [-0.1, -0.05) is 24.3 Å². The zero-order valence-electron chi connectivity index (χ0n) is 12.2. The second kappa shape index (κ2) is 5.79. The molecule has 0 amide bonds. The van der Waals surface area contributed by atoms with Crippen molar-refractivity contribution < 1.29 is 16.8 Å². The summed E-state index contributed by atoms with van der Waals surface area (Å²) >= 11 is 0. The Bertz CT molecular complexity index is 810. The topological polar surface area (TPSA) is 80.3 Å². The fraction of sp³-hybridized carbons (Fsp3) is 0.467. The molecule has 1 fully saturated rings. The molecule has 0 aromatic heterocycles. The van der Waals surface area contributed by atoms with Gasteiger partial charge >= 0.3 is 0 Å². The van der Waals surface area contributed by atoms with Crippen LogP contribution in [0, 0.1) is 5.92 Å². The molecule has 120 valence electrons. The Morgan fingerprint density at radius 1 is 1.18 bits per heavy atom. The second-order valence-corrected chi connectivity index (χ2v) is 9.98. The van der Waals surface area contributed by atoms with Crippen LogP contribution in [-0.4, -0.2) is 34.9 Å². The quantitative estimate of drug-likeness (QED) is 0.896. The third kappa shape index (κ3) is 3.42. The number of nitrogens with one attached hydrogen (secondary N) is 1. The lowest BCUT2D eigenvalue weighted by Crippen LogP contribution is -2.31. The van der Waals surface area contributed by atoms with Gasteiger partial charge in [-0.2, -0.15) is 0 Å². The lowest BCUT2D eigenvalue weighted by Gasteiger charge is -2.18. The number of hydrogen-bond acceptors (Lipinski definition) is 4. The monoisotopic (exact) mass is 341 g/mol. The molecule has 1 unspecified atom stereocenters. The van der Waals surface area contributed by atoms with Crippen LogP contribution in [0.1, 0.15) is 24.0 Å². The highest BCUT2D eigenvalue weighted by Crippen LogP contribution is 2.27. The van der Waals surface area contributed by atoms with Crippen LogP contribution in [0.2, 0.25) is 0 Å². The van der Waals surface area contributed by atoms with Crippen molar-refractivity contribution in [3.05, 3.63) is 40.3 Å². The molecule has 1 aromatic carbocycles. The van der Waals surface area contributed by atoms with E-state index in [1.54, 1.807) is 6.08 Å². The minimum atomic E-state index is -3.53. The van der Waals surface area contributed by atoms with Gasteiger partial charge < -0.3 is 0 Å². The normalized spacial score (nSPS) is 23.8. The molecule has 7 heteroatoms. The summed E-state index contributed by atoms with van der Waals surface area (Å²) in [5, 5.41) is 0. The summed E-state index contributed by atoms with van der Waals surface area (Å²) in [4.78, 5) is 0.382. The zero-order valence-corrected chi connectivity index (χ0v) is 13.8. The van der Waals surface area contributed by atoms with Gasteiger partial charge in [0, 0.05) is 6.54 Å². The van der Waals surface area contributed by atoms with Crippen LogP contribution in [0.15, 0.2) is 29.2 Å². The van der Waals surface area contributed by atoms with E-state index in [1.165, 1.54) is 0 Å². The van der Waals surface area contributed by atoms with Crippen molar-refractivity contribution >= 4 is 25.9 Å². The van der Waals surface area contributed by atoms with Crippen molar-refractivity contribution in [2.45, 2.75) is 19.3 Å². The SMILES string of the molecule is O=S1(=O)CCC(CNS(=O)(=O)C2=Cc3ccccc3CC2)C1. The first kappa shape index (κ1) is 15.7. The van der Waals surface area contributed by atoms with Gasteiger partial charge in [0.2, 0.25) is 10.0 Å². The number of sulfone groups is 1. The Kier molecular flexibility index (Phi) is 4.13. The molecule has 1 atom stereocenters. The number of rotatable bonds is 4. The standard InChI is InChI=1S/C15H19NO4S2/c17-21(18)8-7-12(11-21)10-16-22(19,20)15-6-5-13-3-1-2-4-14(13)9-15/h1-4,9,12,16H,5-8,10-11H2. The molecule has 0 spiro atoms. The van der Waals surface area contributed by atoms with Gasteiger partial charge in [0.05, 0.1) is 16.4 Å². The second-order valence-electron chi connectivity index (χ2n) is 5.93. The van der Waals surface area contributed by atoms with Crippen LogP contribution in [0.5, 0.6) is 0 Å². The summed E-state index contributed by atoms with van der Waals surface area (Å²) < 4.78 is 50.2. The van der Waals surface area contributed by atoms with Gasteiger partial charge in [-0.3, -0.25) is 0 Å². The predicted molar refractivity (Wildman–Crippen MR) is 86.4 cm³/mol. The molecule has 5 nitrogen and oxygen atoms in total. The van der Waals surface area contributed by atoms with Gasteiger partial charge in [0.1, 0.15) is 0 Å². The van der Waals surface area contributed by atoms with Crippen LogP contribution < -0.4 is 4.72 Å².